The van der Waals surface area contributed by atoms with Crippen molar-refractivity contribution >= 4 is 23.1 Å². The van der Waals surface area contributed by atoms with Crippen LogP contribution in [0.1, 0.15) is 27.0 Å². The van der Waals surface area contributed by atoms with Gasteiger partial charge in [0.1, 0.15) is 5.82 Å². The highest BCUT2D eigenvalue weighted by molar-refractivity contribution is 7.11. The number of nitrogens with one attached hydrogen (secondary N) is 1. The van der Waals surface area contributed by atoms with Crippen molar-refractivity contribution in [2.75, 3.05) is 5.73 Å². The average Bonchev–Trinajstić information content (AvgIpc) is 2.75. The molecule has 2 rings (SSSR count). The molecule has 100 valence electrons. The van der Waals surface area contributed by atoms with Crippen LogP contribution in [0.4, 0.5) is 5.82 Å². The first kappa shape index (κ1) is 13.5. The van der Waals surface area contributed by atoms with Gasteiger partial charge in [-0.15, -0.1) is 11.3 Å². The number of thiophene rings is 1. The standard InChI is InChI=1S/C14H17N3OS/c1-9(7-12-5-3-10(2)19-12)17-14(18)11-4-6-13(15)16-8-11/h3-6,8-9H,7H2,1-2H3,(H2,15,16)(H,17,18). The van der Waals surface area contributed by atoms with Crippen LogP contribution in [0.5, 0.6) is 0 Å². The number of pyridine rings is 1. The lowest BCUT2D eigenvalue weighted by Gasteiger charge is -2.12. The van der Waals surface area contributed by atoms with E-state index in [1.54, 1.807) is 23.5 Å². The number of nitrogens with two attached hydrogens (primary N) is 1. The molecule has 0 aliphatic rings. The van der Waals surface area contributed by atoms with Crippen LogP contribution in [-0.2, 0) is 6.42 Å². The van der Waals surface area contributed by atoms with E-state index in [4.69, 9.17) is 5.73 Å². The van der Waals surface area contributed by atoms with Crippen LogP contribution >= 0.6 is 11.3 Å². The van der Waals surface area contributed by atoms with Gasteiger partial charge in [-0.2, -0.15) is 0 Å². The second kappa shape index (κ2) is 5.84. The van der Waals surface area contributed by atoms with Gasteiger partial charge >= 0.3 is 0 Å². The van der Waals surface area contributed by atoms with Gasteiger partial charge in [-0.3, -0.25) is 4.79 Å². The molecule has 2 aromatic heterocycles. The first-order chi connectivity index (χ1) is 9.04. The molecule has 0 radical (unpaired) electrons. The Balaban J connectivity index is 1.93. The Morgan fingerprint density at radius 2 is 2.21 bits per heavy atom. The lowest BCUT2D eigenvalue weighted by molar-refractivity contribution is 0.0940. The van der Waals surface area contributed by atoms with Crippen molar-refractivity contribution in [3.63, 3.8) is 0 Å². The minimum absolute atomic E-state index is 0.0862. The second-order valence-corrected chi connectivity index (χ2v) is 5.94. The Bertz CT molecular complexity index is 562. The highest BCUT2D eigenvalue weighted by Crippen LogP contribution is 2.16. The fraction of sp³-hybridized carbons (Fsp3) is 0.286. The predicted molar refractivity (Wildman–Crippen MR) is 78.3 cm³/mol. The largest absolute Gasteiger partial charge is 0.384 e. The van der Waals surface area contributed by atoms with Crippen molar-refractivity contribution in [3.05, 3.63) is 45.8 Å². The maximum atomic E-state index is 12.0. The van der Waals surface area contributed by atoms with E-state index in [1.165, 1.54) is 16.0 Å². The first-order valence-electron chi connectivity index (χ1n) is 6.12. The van der Waals surface area contributed by atoms with Crippen LogP contribution < -0.4 is 11.1 Å². The zero-order valence-electron chi connectivity index (χ0n) is 11.0. The minimum atomic E-state index is -0.117. The maximum absolute atomic E-state index is 12.0. The zero-order chi connectivity index (χ0) is 13.8. The summed E-state index contributed by atoms with van der Waals surface area (Å²) < 4.78 is 0. The monoisotopic (exact) mass is 275 g/mol. The van der Waals surface area contributed by atoms with Crippen LogP contribution in [0.3, 0.4) is 0 Å². The van der Waals surface area contributed by atoms with Gasteiger partial charge in [-0.1, -0.05) is 0 Å². The normalized spacial score (nSPS) is 12.1. The lowest BCUT2D eigenvalue weighted by atomic mass is 10.2. The molecule has 0 aliphatic carbocycles. The van der Waals surface area contributed by atoms with Crippen molar-refractivity contribution in [1.29, 1.82) is 0 Å². The average molecular weight is 275 g/mol. The summed E-state index contributed by atoms with van der Waals surface area (Å²) in [7, 11) is 0. The molecule has 1 atom stereocenters. The summed E-state index contributed by atoms with van der Waals surface area (Å²) in [6, 6.07) is 7.59. The van der Waals surface area contributed by atoms with E-state index in [9.17, 15) is 4.79 Å². The lowest BCUT2D eigenvalue weighted by Crippen LogP contribution is -2.33. The summed E-state index contributed by atoms with van der Waals surface area (Å²) in [4.78, 5) is 18.5. The van der Waals surface area contributed by atoms with Crippen LogP contribution in [-0.4, -0.2) is 16.9 Å². The quantitative estimate of drug-likeness (QED) is 0.900. The van der Waals surface area contributed by atoms with E-state index in [2.05, 4.69) is 29.4 Å². The van der Waals surface area contributed by atoms with Crippen molar-refractivity contribution < 1.29 is 4.79 Å². The molecule has 2 aromatic rings. The van der Waals surface area contributed by atoms with Crippen molar-refractivity contribution in [2.24, 2.45) is 0 Å². The molecule has 0 spiro atoms. The minimum Gasteiger partial charge on any atom is -0.384 e. The van der Waals surface area contributed by atoms with Crippen LogP contribution in [0.25, 0.3) is 0 Å². The molecule has 0 aromatic carbocycles. The Morgan fingerprint density at radius 1 is 1.42 bits per heavy atom. The van der Waals surface area contributed by atoms with Gasteiger partial charge in [0.15, 0.2) is 0 Å². The Labute approximate surface area is 116 Å². The van der Waals surface area contributed by atoms with Gasteiger partial charge in [0.05, 0.1) is 5.56 Å². The molecule has 1 amide bonds. The third-order valence-electron chi connectivity index (χ3n) is 2.73. The molecular weight excluding hydrogens is 258 g/mol. The summed E-state index contributed by atoms with van der Waals surface area (Å²) in [5, 5.41) is 2.96. The van der Waals surface area contributed by atoms with E-state index in [0.717, 1.165) is 6.42 Å². The van der Waals surface area contributed by atoms with E-state index in [-0.39, 0.29) is 11.9 Å². The maximum Gasteiger partial charge on any atom is 0.253 e. The summed E-state index contributed by atoms with van der Waals surface area (Å²) in [5.74, 6) is 0.298. The molecule has 0 aliphatic heterocycles. The highest BCUT2D eigenvalue weighted by Gasteiger charge is 2.11. The Morgan fingerprint density at radius 3 is 2.79 bits per heavy atom. The number of carbonyl (C=O) groups is 1. The third kappa shape index (κ3) is 3.79. The molecule has 0 saturated carbocycles. The number of aryl methyl sites for hydroxylation is 1. The van der Waals surface area contributed by atoms with Crippen LogP contribution in [0, 0.1) is 6.92 Å². The summed E-state index contributed by atoms with van der Waals surface area (Å²) in [5.41, 5.74) is 6.02. The smallest absolute Gasteiger partial charge is 0.253 e. The van der Waals surface area contributed by atoms with Gasteiger partial charge in [-0.25, -0.2) is 4.98 Å². The van der Waals surface area contributed by atoms with Gasteiger partial charge in [0.2, 0.25) is 0 Å². The van der Waals surface area contributed by atoms with Gasteiger partial charge in [0, 0.05) is 28.4 Å². The van der Waals surface area contributed by atoms with E-state index < -0.39 is 0 Å². The molecule has 0 bridgehead atoms. The molecule has 5 heteroatoms. The summed E-state index contributed by atoms with van der Waals surface area (Å²) in [6.45, 7) is 4.08. The molecule has 3 N–H and O–H groups in total. The number of amides is 1. The Hall–Kier alpha value is -1.88. The van der Waals surface area contributed by atoms with Gasteiger partial charge < -0.3 is 11.1 Å². The summed E-state index contributed by atoms with van der Waals surface area (Å²) >= 11 is 1.76. The third-order valence-corrected chi connectivity index (χ3v) is 3.75. The predicted octanol–water partition coefficient (Wildman–Crippen LogP) is 2.39. The van der Waals surface area contributed by atoms with E-state index in [1.807, 2.05) is 6.92 Å². The number of hydrogen-bond acceptors (Lipinski definition) is 4. The van der Waals surface area contributed by atoms with Crippen LogP contribution in [0.2, 0.25) is 0 Å². The fourth-order valence-electron chi connectivity index (χ4n) is 1.79. The van der Waals surface area contributed by atoms with E-state index in [0.29, 0.717) is 11.4 Å². The van der Waals surface area contributed by atoms with Crippen molar-refractivity contribution in [3.8, 4) is 0 Å². The number of carbonyl (C=O) groups excluding carboxylic acids is 1. The Kier molecular flexibility index (Phi) is 4.16. The SMILES string of the molecule is Cc1ccc(CC(C)NC(=O)c2ccc(N)nc2)s1. The molecule has 19 heavy (non-hydrogen) atoms. The van der Waals surface area contributed by atoms with Crippen LogP contribution in [0.15, 0.2) is 30.5 Å². The molecule has 0 fully saturated rings. The highest BCUT2D eigenvalue weighted by atomic mass is 32.1. The molecule has 1 unspecified atom stereocenters. The molecule has 4 nitrogen and oxygen atoms in total. The topological polar surface area (TPSA) is 68.0 Å². The molecular formula is C14H17N3OS. The number of nitrogen functional groups attached to an aromatic ring is 1. The number of nitrogens with zero attached hydrogens (tertiary/aromatic N) is 1. The number of anilines is 1. The fourth-order valence-corrected chi connectivity index (χ4v) is 2.81. The van der Waals surface area contributed by atoms with Gasteiger partial charge in [-0.05, 0) is 38.1 Å². The van der Waals surface area contributed by atoms with Crippen molar-refractivity contribution in [1.82, 2.24) is 10.3 Å². The second-order valence-electron chi connectivity index (χ2n) is 4.56. The number of rotatable bonds is 4. The van der Waals surface area contributed by atoms with Crippen molar-refractivity contribution in [2.45, 2.75) is 26.3 Å². The summed E-state index contributed by atoms with van der Waals surface area (Å²) in [6.07, 6.45) is 2.33. The first-order valence-corrected chi connectivity index (χ1v) is 6.94. The zero-order valence-corrected chi connectivity index (χ0v) is 11.8. The van der Waals surface area contributed by atoms with E-state index >= 15 is 0 Å². The number of aromatic nitrogens is 1. The van der Waals surface area contributed by atoms with Gasteiger partial charge in [0.25, 0.3) is 5.91 Å². The molecule has 2 heterocycles. The number of hydrogen-bond donors (Lipinski definition) is 2. The molecule has 0 saturated heterocycles.